The summed E-state index contributed by atoms with van der Waals surface area (Å²) in [6.45, 7) is 7.03. The van der Waals surface area contributed by atoms with Crippen LogP contribution in [0.25, 0.3) is 0 Å². The van der Waals surface area contributed by atoms with E-state index in [4.69, 9.17) is 0 Å². The molecule has 0 aliphatic carbocycles. The molecule has 2 heteroatoms. The van der Waals surface area contributed by atoms with Crippen LogP contribution in [0.1, 0.15) is 59.3 Å². The predicted molar refractivity (Wildman–Crippen MR) is 62.5 cm³/mol. The topological polar surface area (TPSA) is 32.3 Å². The van der Waals surface area contributed by atoms with Crippen LogP contribution in [0.15, 0.2) is 0 Å². The summed E-state index contributed by atoms with van der Waals surface area (Å²) in [5, 5.41) is 12.6. The summed E-state index contributed by atoms with van der Waals surface area (Å²) in [4.78, 5) is 0. The van der Waals surface area contributed by atoms with Gasteiger partial charge in [-0.25, -0.2) is 0 Å². The SMILES string of the molecule is CCCCC(CCCC)NCC(C)O. The Morgan fingerprint density at radius 2 is 1.57 bits per heavy atom. The largest absolute Gasteiger partial charge is 0.392 e. The predicted octanol–water partition coefficient (Wildman–Crippen LogP) is 2.71. The van der Waals surface area contributed by atoms with E-state index in [1.807, 2.05) is 6.92 Å². The number of aliphatic hydroxyl groups is 1. The third kappa shape index (κ3) is 8.52. The van der Waals surface area contributed by atoms with E-state index in [9.17, 15) is 5.11 Å². The molecule has 0 saturated heterocycles. The highest BCUT2D eigenvalue weighted by molar-refractivity contribution is 4.68. The molecule has 2 N–H and O–H groups in total. The fourth-order valence-electron chi connectivity index (χ4n) is 1.59. The van der Waals surface area contributed by atoms with Gasteiger partial charge in [0.15, 0.2) is 0 Å². The standard InChI is InChI=1S/C12H27NO/c1-4-6-8-12(9-7-5-2)13-10-11(3)14/h11-14H,4-10H2,1-3H3. The quantitative estimate of drug-likeness (QED) is 0.601. The van der Waals surface area contributed by atoms with Gasteiger partial charge in [-0.15, -0.1) is 0 Å². The lowest BCUT2D eigenvalue weighted by Crippen LogP contribution is -2.34. The van der Waals surface area contributed by atoms with Crippen LogP contribution in [0.2, 0.25) is 0 Å². The van der Waals surface area contributed by atoms with Crippen LogP contribution >= 0.6 is 0 Å². The molecule has 0 aliphatic heterocycles. The van der Waals surface area contributed by atoms with Crippen molar-refractivity contribution in [2.45, 2.75) is 71.4 Å². The maximum atomic E-state index is 9.19. The van der Waals surface area contributed by atoms with Crippen molar-refractivity contribution >= 4 is 0 Å². The number of hydrogen-bond donors (Lipinski definition) is 2. The first kappa shape index (κ1) is 13.9. The summed E-state index contributed by atoms with van der Waals surface area (Å²) in [5.41, 5.74) is 0. The van der Waals surface area contributed by atoms with Crippen LogP contribution in [0, 0.1) is 0 Å². The average molecular weight is 201 g/mol. The third-order valence-electron chi connectivity index (χ3n) is 2.51. The molecule has 0 aromatic heterocycles. The normalized spacial score (nSPS) is 13.5. The molecule has 0 rings (SSSR count). The van der Waals surface area contributed by atoms with Crippen molar-refractivity contribution in [2.75, 3.05) is 6.54 Å². The highest BCUT2D eigenvalue weighted by Gasteiger charge is 2.07. The first-order valence-electron chi connectivity index (χ1n) is 6.12. The lowest BCUT2D eigenvalue weighted by molar-refractivity contribution is 0.183. The summed E-state index contributed by atoms with van der Waals surface area (Å²) in [7, 11) is 0. The van der Waals surface area contributed by atoms with Crippen LogP contribution in [0.5, 0.6) is 0 Å². The van der Waals surface area contributed by atoms with E-state index < -0.39 is 0 Å². The Labute approximate surface area is 89.1 Å². The van der Waals surface area contributed by atoms with E-state index in [-0.39, 0.29) is 6.10 Å². The highest BCUT2D eigenvalue weighted by Crippen LogP contribution is 2.08. The maximum Gasteiger partial charge on any atom is 0.0636 e. The van der Waals surface area contributed by atoms with Crippen molar-refractivity contribution in [3.05, 3.63) is 0 Å². The van der Waals surface area contributed by atoms with Crippen molar-refractivity contribution in [1.29, 1.82) is 0 Å². The number of nitrogens with one attached hydrogen (secondary N) is 1. The minimum Gasteiger partial charge on any atom is -0.392 e. The van der Waals surface area contributed by atoms with Gasteiger partial charge in [0.1, 0.15) is 0 Å². The molecule has 0 bridgehead atoms. The molecule has 1 unspecified atom stereocenters. The molecule has 0 amide bonds. The molecule has 2 nitrogen and oxygen atoms in total. The lowest BCUT2D eigenvalue weighted by atomic mass is 10.0. The first-order chi connectivity index (χ1) is 6.70. The molecule has 0 aliphatic rings. The van der Waals surface area contributed by atoms with Gasteiger partial charge >= 0.3 is 0 Å². The van der Waals surface area contributed by atoms with Crippen molar-refractivity contribution in [1.82, 2.24) is 5.32 Å². The van der Waals surface area contributed by atoms with Gasteiger partial charge in [0.2, 0.25) is 0 Å². The molecule has 14 heavy (non-hydrogen) atoms. The summed E-state index contributed by atoms with van der Waals surface area (Å²) >= 11 is 0. The van der Waals surface area contributed by atoms with Crippen molar-refractivity contribution in [3.63, 3.8) is 0 Å². The Hall–Kier alpha value is -0.0800. The Morgan fingerprint density at radius 1 is 1.07 bits per heavy atom. The molecule has 1 atom stereocenters. The zero-order valence-electron chi connectivity index (χ0n) is 10.1. The van der Waals surface area contributed by atoms with Gasteiger partial charge in [-0.2, -0.15) is 0 Å². The zero-order valence-corrected chi connectivity index (χ0v) is 10.1. The summed E-state index contributed by atoms with van der Waals surface area (Å²) in [6, 6.07) is 0.615. The van der Waals surface area contributed by atoms with E-state index in [2.05, 4.69) is 19.2 Å². The molecule has 0 heterocycles. The van der Waals surface area contributed by atoms with Gasteiger partial charge in [0.25, 0.3) is 0 Å². The molecule has 86 valence electrons. The van der Waals surface area contributed by atoms with E-state index >= 15 is 0 Å². The Balaban J connectivity index is 3.60. The first-order valence-corrected chi connectivity index (χ1v) is 6.12. The fraction of sp³-hybridized carbons (Fsp3) is 1.00. The second-order valence-corrected chi connectivity index (χ2v) is 4.24. The highest BCUT2D eigenvalue weighted by atomic mass is 16.3. The molecule has 0 saturated carbocycles. The Kier molecular flexibility index (Phi) is 9.42. The summed E-state index contributed by atoms with van der Waals surface area (Å²) in [5.74, 6) is 0. The minimum absolute atomic E-state index is 0.222. The lowest BCUT2D eigenvalue weighted by Gasteiger charge is -2.19. The molecular formula is C12H27NO. The number of rotatable bonds is 9. The van der Waals surface area contributed by atoms with Crippen LogP contribution in [0.3, 0.4) is 0 Å². The van der Waals surface area contributed by atoms with E-state index in [0.29, 0.717) is 6.04 Å². The summed E-state index contributed by atoms with van der Waals surface area (Å²) in [6.07, 6.45) is 7.40. The van der Waals surface area contributed by atoms with Crippen LogP contribution < -0.4 is 5.32 Å². The van der Waals surface area contributed by atoms with Crippen molar-refractivity contribution < 1.29 is 5.11 Å². The van der Waals surface area contributed by atoms with Gasteiger partial charge in [-0.3, -0.25) is 0 Å². The minimum atomic E-state index is -0.222. The Morgan fingerprint density at radius 3 is 1.93 bits per heavy atom. The van der Waals surface area contributed by atoms with Gasteiger partial charge in [0.05, 0.1) is 6.10 Å². The van der Waals surface area contributed by atoms with Crippen molar-refractivity contribution in [2.24, 2.45) is 0 Å². The number of unbranched alkanes of at least 4 members (excludes halogenated alkanes) is 2. The van der Waals surface area contributed by atoms with E-state index in [1.54, 1.807) is 0 Å². The zero-order chi connectivity index (χ0) is 10.8. The Bertz CT molecular complexity index is 107. The molecule has 0 fully saturated rings. The van der Waals surface area contributed by atoms with Gasteiger partial charge in [-0.05, 0) is 19.8 Å². The molecular weight excluding hydrogens is 174 g/mol. The number of aliphatic hydroxyl groups excluding tert-OH is 1. The summed E-state index contributed by atoms with van der Waals surface area (Å²) < 4.78 is 0. The molecule has 0 spiro atoms. The van der Waals surface area contributed by atoms with Crippen LogP contribution in [-0.2, 0) is 0 Å². The molecule has 0 radical (unpaired) electrons. The van der Waals surface area contributed by atoms with E-state index in [0.717, 1.165) is 6.54 Å². The monoisotopic (exact) mass is 201 g/mol. The fourth-order valence-corrected chi connectivity index (χ4v) is 1.59. The van der Waals surface area contributed by atoms with Gasteiger partial charge in [0, 0.05) is 12.6 Å². The second-order valence-electron chi connectivity index (χ2n) is 4.24. The molecule has 0 aromatic rings. The second kappa shape index (κ2) is 9.47. The van der Waals surface area contributed by atoms with Crippen molar-refractivity contribution in [3.8, 4) is 0 Å². The maximum absolute atomic E-state index is 9.19. The van der Waals surface area contributed by atoms with Crippen LogP contribution in [-0.4, -0.2) is 23.8 Å². The molecule has 0 aromatic carbocycles. The van der Waals surface area contributed by atoms with Gasteiger partial charge < -0.3 is 10.4 Å². The van der Waals surface area contributed by atoms with Crippen LogP contribution in [0.4, 0.5) is 0 Å². The van der Waals surface area contributed by atoms with E-state index in [1.165, 1.54) is 38.5 Å². The smallest absolute Gasteiger partial charge is 0.0636 e. The average Bonchev–Trinajstić information content (AvgIpc) is 2.16. The third-order valence-corrected chi connectivity index (χ3v) is 2.51. The number of hydrogen-bond acceptors (Lipinski definition) is 2. The van der Waals surface area contributed by atoms with Gasteiger partial charge in [-0.1, -0.05) is 39.5 Å².